The molecule has 2 aliphatic rings. The summed E-state index contributed by atoms with van der Waals surface area (Å²) in [6, 6.07) is 3.55. The zero-order valence-corrected chi connectivity index (χ0v) is 20.9. The van der Waals surface area contributed by atoms with Gasteiger partial charge in [0.25, 0.3) is 5.91 Å². The standard InChI is InChI=1S/C18H22N4O2S.2C2HF3O2/c23-17(15-1-5-19-6-2-15)22-8-3-18(4-9-22)14-21(10-11-24-18)13-16-20-7-12-25-16;2*3-2(4,5)1(6)7/h1-2,5-7,12H,3-4,8-11,13-14H2;2*(H,6,7). The number of piperidine rings is 1. The molecular weight excluding hydrogens is 562 g/mol. The molecular formula is C22H24F6N4O6S. The summed E-state index contributed by atoms with van der Waals surface area (Å²) < 4.78 is 69.7. The van der Waals surface area contributed by atoms with Crippen LogP contribution in [0.5, 0.6) is 0 Å². The number of halogens is 6. The summed E-state index contributed by atoms with van der Waals surface area (Å²) >= 11 is 1.70. The van der Waals surface area contributed by atoms with Crippen molar-refractivity contribution in [2.24, 2.45) is 0 Å². The van der Waals surface area contributed by atoms with Crippen LogP contribution in [0.1, 0.15) is 28.2 Å². The second-order valence-electron chi connectivity index (χ2n) is 8.30. The minimum Gasteiger partial charge on any atom is -0.475 e. The van der Waals surface area contributed by atoms with E-state index in [2.05, 4.69) is 14.9 Å². The Balaban J connectivity index is 0.000000317. The maximum Gasteiger partial charge on any atom is 0.490 e. The highest BCUT2D eigenvalue weighted by Crippen LogP contribution is 2.31. The van der Waals surface area contributed by atoms with Gasteiger partial charge in [0.2, 0.25) is 0 Å². The summed E-state index contributed by atoms with van der Waals surface area (Å²) in [6.07, 6.45) is -3.20. The Morgan fingerprint density at radius 2 is 1.49 bits per heavy atom. The average Bonchev–Trinajstić information content (AvgIpc) is 3.37. The summed E-state index contributed by atoms with van der Waals surface area (Å²) in [5.41, 5.74) is 0.589. The molecule has 1 spiro atoms. The summed E-state index contributed by atoms with van der Waals surface area (Å²) in [4.78, 5) is 43.1. The zero-order chi connectivity index (χ0) is 29.3. The number of ether oxygens (including phenoxy) is 1. The molecule has 0 bridgehead atoms. The monoisotopic (exact) mass is 586 g/mol. The van der Waals surface area contributed by atoms with Gasteiger partial charge in [0.05, 0.1) is 18.8 Å². The number of likely N-dealkylation sites (tertiary alicyclic amines) is 1. The van der Waals surface area contributed by atoms with Crippen molar-refractivity contribution >= 4 is 29.2 Å². The normalized spacial score (nSPS) is 17.3. The third kappa shape index (κ3) is 10.4. The largest absolute Gasteiger partial charge is 0.490 e. The molecule has 1 amide bonds. The molecule has 10 nitrogen and oxygen atoms in total. The molecule has 0 atom stereocenters. The lowest BCUT2D eigenvalue weighted by atomic mass is 9.89. The fourth-order valence-electron chi connectivity index (χ4n) is 3.68. The molecule has 216 valence electrons. The predicted octanol–water partition coefficient (Wildman–Crippen LogP) is 3.31. The Labute approximate surface area is 221 Å². The van der Waals surface area contributed by atoms with Gasteiger partial charge in [-0.2, -0.15) is 26.3 Å². The van der Waals surface area contributed by atoms with E-state index in [1.54, 1.807) is 35.9 Å². The third-order valence-corrected chi connectivity index (χ3v) is 6.31. The van der Waals surface area contributed by atoms with Gasteiger partial charge in [-0.25, -0.2) is 14.6 Å². The van der Waals surface area contributed by atoms with E-state index in [0.29, 0.717) is 5.56 Å². The molecule has 0 saturated carbocycles. The number of carboxylic acids is 2. The van der Waals surface area contributed by atoms with Crippen molar-refractivity contribution in [2.45, 2.75) is 37.3 Å². The number of rotatable bonds is 3. The van der Waals surface area contributed by atoms with Crippen LogP contribution in [0.15, 0.2) is 36.1 Å². The molecule has 0 radical (unpaired) electrons. The smallest absolute Gasteiger partial charge is 0.475 e. The van der Waals surface area contributed by atoms with Gasteiger partial charge in [-0.3, -0.25) is 14.7 Å². The Hall–Kier alpha value is -3.31. The molecule has 2 aliphatic heterocycles. The van der Waals surface area contributed by atoms with Gasteiger partial charge in [0.1, 0.15) is 5.01 Å². The van der Waals surface area contributed by atoms with Gasteiger partial charge in [-0.1, -0.05) is 0 Å². The first kappa shape index (κ1) is 31.9. The number of hydrogen-bond donors (Lipinski definition) is 2. The molecule has 4 rings (SSSR count). The van der Waals surface area contributed by atoms with Gasteiger partial charge in [0.15, 0.2) is 0 Å². The van der Waals surface area contributed by atoms with E-state index >= 15 is 0 Å². The Morgan fingerprint density at radius 3 is 1.95 bits per heavy atom. The third-order valence-electron chi connectivity index (χ3n) is 5.54. The first-order valence-electron chi connectivity index (χ1n) is 11.2. The van der Waals surface area contributed by atoms with E-state index in [1.165, 1.54) is 0 Å². The van der Waals surface area contributed by atoms with Gasteiger partial charge >= 0.3 is 24.3 Å². The van der Waals surface area contributed by atoms with Crippen LogP contribution in [-0.4, -0.2) is 98.6 Å². The Kier molecular flexibility index (Phi) is 11.2. The number of hydrogen-bond acceptors (Lipinski definition) is 8. The van der Waals surface area contributed by atoms with Crippen LogP contribution in [0.4, 0.5) is 26.3 Å². The maximum absolute atomic E-state index is 12.6. The molecule has 2 saturated heterocycles. The number of thiazole rings is 1. The molecule has 0 aliphatic carbocycles. The number of pyridine rings is 1. The number of nitrogens with zero attached hydrogens (tertiary/aromatic N) is 4. The van der Waals surface area contributed by atoms with E-state index in [0.717, 1.165) is 57.2 Å². The fraction of sp³-hybridized carbons (Fsp3) is 0.500. The number of aliphatic carboxylic acids is 2. The molecule has 39 heavy (non-hydrogen) atoms. The first-order valence-corrected chi connectivity index (χ1v) is 12.1. The van der Waals surface area contributed by atoms with Crippen molar-refractivity contribution in [2.75, 3.05) is 32.8 Å². The second-order valence-corrected chi connectivity index (χ2v) is 9.28. The van der Waals surface area contributed by atoms with E-state index in [-0.39, 0.29) is 11.5 Å². The van der Waals surface area contributed by atoms with Gasteiger partial charge in [-0.15, -0.1) is 11.3 Å². The zero-order valence-electron chi connectivity index (χ0n) is 20.1. The highest BCUT2D eigenvalue weighted by molar-refractivity contribution is 7.09. The van der Waals surface area contributed by atoms with Crippen LogP contribution in [-0.2, 0) is 20.9 Å². The minimum absolute atomic E-state index is 0.0905. The van der Waals surface area contributed by atoms with Crippen molar-refractivity contribution in [3.63, 3.8) is 0 Å². The van der Waals surface area contributed by atoms with Crippen molar-refractivity contribution in [1.29, 1.82) is 0 Å². The maximum atomic E-state index is 12.6. The molecule has 0 aromatic carbocycles. The van der Waals surface area contributed by atoms with Crippen molar-refractivity contribution in [3.8, 4) is 0 Å². The number of carbonyl (C=O) groups excluding carboxylic acids is 1. The summed E-state index contributed by atoms with van der Waals surface area (Å²) in [7, 11) is 0. The highest BCUT2D eigenvalue weighted by Gasteiger charge is 2.41. The molecule has 2 N–H and O–H groups in total. The van der Waals surface area contributed by atoms with Crippen LogP contribution >= 0.6 is 11.3 Å². The molecule has 17 heteroatoms. The van der Waals surface area contributed by atoms with E-state index in [9.17, 15) is 31.1 Å². The molecule has 2 fully saturated rings. The summed E-state index contributed by atoms with van der Waals surface area (Å²) in [5.74, 6) is -5.42. The number of amides is 1. The van der Waals surface area contributed by atoms with E-state index in [4.69, 9.17) is 24.5 Å². The van der Waals surface area contributed by atoms with Gasteiger partial charge in [-0.05, 0) is 25.0 Å². The summed E-state index contributed by atoms with van der Waals surface area (Å²) in [5, 5.41) is 17.4. The number of aromatic nitrogens is 2. The second kappa shape index (κ2) is 13.7. The Morgan fingerprint density at radius 1 is 0.949 bits per heavy atom. The van der Waals surface area contributed by atoms with Crippen molar-refractivity contribution in [1.82, 2.24) is 19.8 Å². The first-order chi connectivity index (χ1) is 18.1. The van der Waals surface area contributed by atoms with Crippen LogP contribution < -0.4 is 0 Å². The van der Waals surface area contributed by atoms with Crippen LogP contribution in [0, 0.1) is 0 Å². The lowest BCUT2D eigenvalue weighted by Gasteiger charge is -2.47. The molecule has 0 unspecified atom stereocenters. The average molecular weight is 587 g/mol. The topological polar surface area (TPSA) is 133 Å². The molecule has 4 heterocycles. The quantitative estimate of drug-likeness (QED) is 0.520. The van der Waals surface area contributed by atoms with Crippen molar-refractivity contribution in [3.05, 3.63) is 46.7 Å². The number of morpholine rings is 1. The highest BCUT2D eigenvalue weighted by atomic mass is 32.1. The van der Waals surface area contributed by atoms with E-state index < -0.39 is 24.3 Å². The Bertz CT molecular complexity index is 1050. The molecule has 2 aromatic heterocycles. The van der Waals surface area contributed by atoms with Crippen LogP contribution in [0.2, 0.25) is 0 Å². The van der Waals surface area contributed by atoms with Crippen LogP contribution in [0.25, 0.3) is 0 Å². The van der Waals surface area contributed by atoms with Crippen LogP contribution in [0.3, 0.4) is 0 Å². The van der Waals surface area contributed by atoms with Crippen molar-refractivity contribution < 1.29 is 55.7 Å². The fourth-order valence-corrected chi connectivity index (χ4v) is 4.34. The number of carboxylic acid groups (broad SMARTS) is 2. The summed E-state index contributed by atoms with van der Waals surface area (Å²) in [6.45, 7) is 5.00. The van der Waals surface area contributed by atoms with Gasteiger partial charge in [0, 0.05) is 55.7 Å². The number of alkyl halides is 6. The van der Waals surface area contributed by atoms with Gasteiger partial charge < -0.3 is 19.8 Å². The SMILES string of the molecule is O=C(O)C(F)(F)F.O=C(O)C(F)(F)F.O=C(c1ccncc1)N1CCC2(CC1)CN(Cc1nccs1)CCO2. The number of carbonyl (C=O) groups is 3. The lowest BCUT2D eigenvalue weighted by molar-refractivity contribution is -0.193. The van der Waals surface area contributed by atoms with E-state index in [1.807, 2.05) is 16.5 Å². The minimum atomic E-state index is -5.08. The lowest BCUT2D eigenvalue weighted by Crippen LogP contribution is -2.57. The predicted molar refractivity (Wildman–Crippen MR) is 123 cm³/mol. The molecule has 2 aromatic rings.